The van der Waals surface area contributed by atoms with Gasteiger partial charge >= 0.3 is 0 Å². The summed E-state index contributed by atoms with van der Waals surface area (Å²) < 4.78 is 23.6. The molecule has 1 amide bonds. The van der Waals surface area contributed by atoms with Crippen LogP contribution in [-0.2, 0) is 9.84 Å². The van der Waals surface area contributed by atoms with E-state index in [9.17, 15) is 13.2 Å². The summed E-state index contributed by atoms with van der Waals surface area (Å²) in [4.78, 5) is 19.9. The molecule has 2 aromatic rings. The molecule has 3 N–H and O–H groups in total. The average molecular weight is 371 g/mol. The SMILES string of the molecule is CS(=O)(=O)c1cc(N)cc(C(=O)Nc2cnc(Br)cn2)c1. The number of nitrogens with two attached hydrogens (primary N) is 1. The van der Waals surface area contributed by atoms with Crippen molar-refractivity contribution in [3.05, 3.63) is 40.8 Å². The third kappa shape index (κ3) is 3.99. The molecule has 0 saturated heterocycles. The highest BCUT2D eigenvalue weighted by molar-refractivity contribution is 9.10. The van der Waals surface area contributed by atoms with Crippen LogP contribution in [0.4, 0.5) is 11.5 Å². The molecule has 7 nitrogen and oxygen atoms in total. The van der Waals surface area contributed by atoms with Crippen LogP contribution in [0, 0.1) is 0 Å². The fourth-order valence-electron chi connectivity index (χ4n) is 1.53. The summed E-state index contributed by atoms with van der Waals surface area (Å²) in [6.07, 6.45) is 3.84. The maximum Gasteiger partial charge on any atom is 0.256 e. The number of sulfone groups is 1. The van der Waals surface area contributed by atoms with Gasteiger partial charge in [-0.1, -0.05) is 0 Å². The van der Waals surface area contributed by atoms with Crippen LogP contribution in [0.1, 0.15) is 10.4 Å². The highest BCUT2D eigenvalue weighted by atomic mass is 79.9. The molecule has 0 bridgehead atoms. The van der Waals surface area contributed by atoms with E-state index in [0.717, 1.165) is 6.26 Å². The number of hydrogen-bond acceptors (Lipinski definition) is 6. The summed E-state index contributed by atoms with van der Waals surface area (Å²) in [6, 6.07) is 3.94. The second kappa shape index (κ2) is 5.78. The molecular weight excluding hydrogens is 360 g/mol. The minimum atomic E-state index is -3.45. The zero-order valence-electron chi connectivity index (χ0n) is 10.9. The van der Waals surface area contributed by atoms with Gasteiger partial charge in [-0.05, 0) is 34.1 Å². The predicted molar refractivity (Wildman–Crippen MR) is 81.6 cm³/mol. The molecule has 2 rings (SSSR count). The van der Waals surface area contributed by atoms with Crippen LogP contribution < -0.4 is 11.1 Å². The number of aromatic nitrogens is 2. The van der Waals surface area contributed by atoms with Gasteiger partial charge in [-0.3, -0.25) is 4.79 Å². The fourth-order valence-corrected chi connectivity index (χ4v) is 2.43. The van der Waals surface area contributed by atoms with Crippen molar-refractivity contribution in [1.29, 1.82) is 0 Å². The molecule has 1 aromatic heterocycles. The van der Waals surface area contributed by atoms with Crippen LogP contribution >= 0.6 is 15.9 Å². The first-order valence-electron chi connectivity index (χ1n) is 5.65. The second-order valence-corrected chi connectivity index (χ2v) is 7.07. The minimum Gasteiger partial charge on any atom is -0.399 e. The molecule has 0 saturated carbocycles. The number of nitrogens with zero attached hydrogens (tertiary/aromatic N) is 2. The molecule has 0 aliphatic heterocycles. The van der Waals surface area contributed by atoms with Gasteiger partial charge in [0.05, 0.1) is 17.3 Å². The molecule has 0 atom stereocenters. The van der Waals surface area contributed by atoms with Crippen LogP contribution in [0.5, 0.6) is 0 Å². The van der Waals surface area contributed by atoms with E-state index >= 15 is 0 Å². The van der Waals surface area contributed by atoms with E-state index < -0.39 is 15.7 Å². The molecule has 0 unspecified atom stereocenters. The topological polar surface area (TPSA) is 115 Å². The molecule has 1 heterocycles. The summed E-state index contributed by atoms with van der Waals surface area (Å²) in [6.45, 7) is 0. The summed E-state index contributed by atoms with van der Waals surface area (Å²) in [5.74, 6) is -0.282. The highest BCUT2D eigenvalue weighted by Gasteiger charge is 2.14. The van der Waals surface area contributed by atoms with Gasteiger partial charge < -0.3 is 11.1 Å². The highest BCUT2D eigenvalue weighted by Crippen LogP contribution is 2.18. The lowest BCUT2D eigenvalue weighted by molar-refractivity contribution is 0.102. The van der Waals surface area contributed by atoms with E-state index in [2.05, 4.69) is 31.2 Å². The molecule has 0 aliphatic rings. The van der Waals surface area contributed by atoms with Crippen molar-refractivity contribution in [2.24, 2.45) is 0 Å². The van der Waals surface area contributed by atoms with Crippen molar-refractivity contribution in [3.63, 3.8) is 0 Å². The maximum absolute atomic E-state index is 12.1. The van der Waals surface area contributed by atoms with Gasteiger partial charge in [0.1, 0.15) is 4.60 Å². The Hall–Kier alpha value is -2.00. The van der Waals surface area contributed by atoms with Gasteiger partial charge in [-0.15, -0.1) is 0 Å². The molecular formula is C12H11BrN4O3S. The monoisotopic (exact) mass is 370 g/mol. The third-order valence-corrected chi connectivity index (χ3v) is 3.98. The van der Waals surface area contributed by atoms with Crippen molar-refractivity contribution < 1.29 is 13.2 Å². The molecule has 1 aromatic carbocycles. The molecule has 0 fully saturated rings. The number of amides is 1. The first kappa shape index (κ1) is 15.4. The number of benzene rings is 1. The predicted octanol–water partition coefficient (Wildman–Crippen LogP) is 1.48. The van der Waals surface area contributed by atoms with E-state index in [1.807, 2.05) is 0 Å². The number of anilines is 2. The maximum atomic E-state index is 12.1. The Morgan fingerprint density at radius 1 is 1.24 bits per heavy atom. The smallest absolute Gasteiger partial charge is 0.256 e. The van der Waals surface area contributed by atoms with E-state index in [4.69, 9.17) is 5.73 Å². The number of nitrogens with one attached hydrogen (secondary N) is 1. The average Bonchev–Trinajstić information content (AvgIpc) is 2.39. The molecule has 0 aliphatic carbocycles. The van der Waals surface area contributed by atoms with Gasteiger partial charge in [-0.25, -0.2) is 18.4 Å². The van der Waals surface area contributed by atoms with Crippen molar-refractivity contribution >= 4 is 43.2 Å². The van der Waals surface area contributed by atoms with E-state index in [1.54, 1.807) is 0 Å². The van der Waals surface area contributed by atoms with Gasteiger partial charge in [-0.2, -0.15) is 0 Å². The lowest BCUT2D eigenvalue weighted by Gasteiger charge is -2.07. The first-order valence-corrected chi connectivity index (χ1v) is 8.33. The molecule has 0 spiro atoms. The van der Waals surface area contributed by atoms with E-state index in [0.29, 0.717) is 4.60 Å². The summed E-state index contributed by atoms with van der Waals surface area (Å²) in [5, 5.41) is 2.51. The number of carbonyl (C=O) groups is 1. The Labute approximate surface area is 129 Å². The standard InChI is InChI=1S/C12H11BrN4O3S/c1-21(19,20)9-3-7(2-8(14)4-9)12(18)17-11-6-15-10(13)5-16-11/h2-6H,14H2,1H3,(H,16,17,18). The molecule has 9 heteroatoms. The zero-order chi connectivity index (χ0) is 15.6. The second-order valence-electron chi connectivity index (χ2n) is 4.24. The zero-order valence-corrected chi connectivity index (χ0v) is 13.3. The summed E-state index contributed by atoms with van der Waals surface area (Å²) in [5.41, 5.74) is 5.94. The summed E-state index contributed by atoms with van der Waals surface area (Å²) in [7, 11) is -3.45. The number of rotatable bonds is 3. The number of halogens is 1. The van der Waals surface area contributed by atoms with E-state index in [-0.39, 0.29) is 22.0 Å². The third-order valence-electron chi connectivity index (χ3n) is 2.48. The van der Waals surface area contributed by atoms with Gasteiger partial charge in [0, 0.05) is 17.5 Å². The van der Waals surface area contributed by atoms with Crippen molar-refractivity contribution in [2.45, 2.75) is 4.90 Å². The van der Waals surface area contributed by atoms with Crippen molar-refractivity contribution in [2.75, 3.05) is 17.3 Å². The minimum absolute atomic E-state index is 0.0189. The Kier molecular flexibility index (Phi) is 4.24. The van der Waals surface area contributed by atoms with Crippen LogP contribution in [0.3, 0.4) is 0 Å². The Bertz CT molecular complexity index is 791. The Balaban J connectivity index is 2.31. The van der Waals surface area contributed by atoms with Crippen LogP contribution in [-0.4, -0.2) is 30.5 Å². The number of carbonyl (C=O) groups excluding carboxylic acids is 1. The van der Waals surface area contributed by atoms with Crippen molar-refractivity contribution in [3.8, 4) is 0 Å². The first-order chi connectivity index (χ1) is 9.75. The van der Waals surface area contributed by atoms with Crippen LogP contribution in [0.2, 0.25) is 0 Å². The Morgan fingerprint density at radius 2 is 1.95 bits per heavy atom. The fraction of sp³-hybridized carbons (Fsp3) is 0.0833. The molecule has 110 valence electrons. The molecule has 21 heavy (non-hydrogen) atoms. The summed E-state index contributed by atoms with van der Waals surface area (Å²) >= 11 is 3.13. The molecule has 0 radical (unpaired) electrons. The lowest BCUT2D eigenvalue weighted by atomic mass is 10.2. The van der Waals surface area contributed by atoms with Gasteiger partial charge in [0.2, 0.25) is 0 Å². The van der Waals surface area contributed by atoms with Crippen molar-refractivity contribution in [1.82, 2.24) is 9.97 Å². The number of nitrogen functional groups attached to an aromatic ring is 1. The van der Waals surface area contributed by atoms with Gasteiger partial charge in [0.15, 0.2) is 15.7 Å². The largest absolute Gasteiger partial charge is 0.399 e. The van der Waals surface area contributed by atoms with E-state index in [1.165, 1.54) is 30.6 Å². The normalized spacial score (nSPS) is 11.1. The lowest BCUT2D eigenvalue weighted by Crippen LogP contribution is -2.14. The quantitative estimate of drug-likeness (QED) is 0.790. The van der Waals surface area contributed by atoms with Gasteiger partial charge in [0.25, 0.3) is 5.91 Å². The number of hydrogen-bond donors (Lipinski definition) is 2. The Morgan fingerprint density at radius 3 is 2.52 bits per heavy atom. The van der Waals surface area contributed by atoms with Crippen LogP contribution in [0.25, 0.3) is 0 Å². The van der Waals surface area contributed by atoms with Crippen LogP contribution in [0.15, 0.2) is 40.1 Å².